The Labute approximate surface area is 179 Å². The fourth-order valence-corrected chi connectivity index (χ4v) is 10.9. The predicted octanol–water partition coefficient (Wildman–Crippen LogP) is 4.59. The number of aliphatic hydroxyl groups excluding tert-OH is 1. The van der Waals surface area contributed by atoms with Crippen LogP contribution in [0.5, 0.6) is 0 Å². The zero-order valence-electron chi connectivity index (χ0n) is 19.9. The Balaban J connectivity index is 1.50. The van der Waals surface area contributed by atoms with Crippen LogP contribution in [0.1, 0.15) is 85.5 Å². The van der Waals surface area contributed by atoms with Gasteiger partial charge in [0.1, 0.15) is 0 Å². The molecule has 29 heavy (non-hydrogen) atoms. The van der Waals surface area contributed by atoms with Gasteiger partial charge in [0.25, 0.3) is 0 Å². The number of nitrogens with one attached hydrogen (secondary N) is 2. The molecule has 5 rings (SSSR count). The summed E-state index contributed by atoms with van der Waals surface area (Å²) >= 11 is 0. The molecule has 3 heteroatoms. The Hall–Kier alpha value is -0.120. The number of fused-ring (bicyclic) bond motifs is 2. The molecule has 5 fully saturated rings. The molecule has 0 aromatic rings. The highest BCUT2D eigenvalue weighted by Crippen LogP contribution is 2.88. The average Bonchev–Trinajstić information content (AvgIpc) is 3.30. The quantitative estimate of drug-likeness (QED) is 0.644. The maximum atomic E-state index is 10.5. The van der Waals surface area contributed by atoms with Crippen LogP contribution >= 0.6 is 0 Å². The first-order valence-electron chi connectivity index (χ1n) is 12.6. The summed E-state index contributed by atoms with van der Waals surface area (Å²) in [5.74, 6) is 2.45. The van der Waals surface area contributed by atoms with Crippen molar-refractivity contribution in [2.75, 3.05) is 20.7 Å². The van der Waals surface area contributed by atoms with Crippen LogP contribution in [-0.4, -0.2) is 37.9 Å². The highest BCUT2D eigenvalue weighted by molar-refractivity contribution is 5.31. The van der Waals surface area contributed by atoms with E-state index in [1.165, 1.54) is 57.8 Å². The van der Waals surface area contributed by atoms with Gasteiger partial charge in [-0.15, -0.1) is 0 Å². The highest BCUT2D eigenvalue weighted by Gasteiger charge is 2.82. The summed E-state index contributed by atoms with van der Waals surface area (Å²) in [6.45, 7) is 10.6. The number of aliphatic hydroxyl groups is 1. The van der Waals surface area contributed by atoms with E-state index in [9.17, 15) is 5.11 Å². The standard InChI is InChI=1S/C26H46N2O/c1-17(27-5)18-9-11-24(4)20-8-7-19-22(2,16-29)21(28-6)10-12-25(19)15-26(20,25)14-13-23(18,24)3/h17-21,27-29H,7-16H2,1-6H3. The molecule has 2 spiro atoms. The summed E-state index contributed by atoms with van der Waals surface area (Å²) in [6, 6.07) is 1.11. The van der Waals surface area contributed by atoms with Crippen molar-refractivity contribution in [3.05, 3.63) is 0 Å². The summed E-state index contributed by atoms with van der Waals surface area (Å²) in [6.07, 6.45) is 12.6. The minimum atomic E-state index is 0.0575. The van der Waals surface area contributed by atoms with Gasteiger partial charge in [-0.2, -0.15) is 0 Å². The molecule has 0 radical (unpaired) electrons. The van der Waals surface area contributed by atoms with Crippen molar-refractivity contribution >= 4 is 0 Å². The number of hydrogen-bond donors (Lipinski definition) is 3. The SMILES string of the molecule is CNC(C)C1CCC2(C)C3CCC4C(C)(CO)C(NC)CCC45CC35CCC12C. The first-order valence-corrected chi connectivity index (χ1v) is 12.6. The summed E-state index contributed by atoms with van der Waals surface area (Å²) < 4.78 is 0. The van der Waals surface area contributed by atoms with Crippen molar-refractivity contribution in [3.8, 4) is 0 Å². The molecular formula is C26H46N2O. The van der Waals surface area contributed by atoms with Gasteiger partial charge in [-0.25, -0.2) is 0 Å². The monoisotopic (exact) mass is 402 g/mol. The van der Waals surface area contributed by atoms with Crippen molar-refractivity contribution in [2.24, 2.45) is 44.8 Å². The number of rotatable bonds is 4. The molecule has 166 valence electrons. The molecule has 0 aliphatic heterocycles. The van der Waals surface area contributed by atoms with Gasteiger partial charge < -0.3 is 15.7 Å². The van der Waals surface area contributed by atoms with Gasteiger partial charge in [0.2, 0.25) is 0 Å². The third-order valence-electron chi connectivity index (χ3n) is 12.8. The van der Waals surface area contributed by atoms with Gasteiger partial charge in [0, 0.05) is 17.5 Å². The Morgan fingerprint density at radius 3 is 2.21 bits per heavy atom. The Morgan fingerprint density at radius 2 is 1.55 bits per heavy atom. The van der Waals surface area contributed by atoms with Crippen LogP contribution < -0.4 is 10.6 Å². The molecule has 5 saturated carbocycles. The Bertz CT molecular complexity index is 682. The van der Waals surface area contributed by atoms with Crippen molar-refractivity contribution < 1.29 is 5.11 Å². The van der Waals surface area contributed by atoms with E-state index < -0.39 is 0 Å². The van der Waals surface area contributed by atoms with E-state index in [0.717, 1.165) is 11.8 Å². The van der Waals surface area contributed by atoms with E-state index in [1.807, 2.05) is 0 Å². The fourth-order valence-electron chi connectivity index (χ4n) is 10.9. The third-order valence-corrected chi connectivity index (χ3v) is 12.8. The molecule has 0 aromatic heterocycles. The van der Waals surface area contributed by atoms with Crippen LogP contribution in [0.2, 0.25) is 0 Å². The second-order valence-corrected chi connectivity index (χ2v) is 12.8. The van der Waals surface area contributed by atoms with Gasteiger partial charge in [-0.05, 0) is 118 Å². The molecule has 5 aliphatic rings. The maximum Gasteiger partial charge on any atom is 0.0502 e. The zero-order valence-corrected chi connectivity index (χ0v) is 19.9. The lowest BCUT2D eigenvalue weighted by molar-refractivity contribution is -0.152. The van der Waals surface area contributed by atoms with E-state index >= 15 is 0 Å². The van der Waals surface area contributed by atoms with Gasteiger partial charge in [-0.3, -0.25) is 0 Å². The normalized spacial score (nSPS) is 59.3. The van der Waals surface area contributed by atoms with E-state index in [0.29, 0.717) is 46.3 Å². The van der Waals surface area contributed by atoms with Crippen LogP contribution in [0, 0.1) is 44.8 Å². The van der Waals surface area contributed by atoms with Gasteiger partial charge in [0.15, 0.2) is 0 Å². The lowest BCUT2D eigenvalue weighted by Gasteiger charge is -2.64. The summed E-state index contributed by atoms with van der Waals surface area (Å²) in [4.78, 5) is 0. The van der Waals surface area contributed by atoms with E-state index in [4.69, 9.17) is 0 Å². The van der Waals surface area contributed by atoms with Crippen LogP contribution in [0.4, 0.5) is 0 Å². The summed E-state index contributed by atoms with van der Waals surface area (Å²) in [7, 11) is 4.27. The maximum absolute atomic E-state index is 10.5. The first kappa shape index (κ1) is 20.8. The molecule has 0 saturated heterocycles. The van der Waals surface area contributed by atoms with E-state index in [1.54, 1.807) is 0 Å². The molecule has 10 unspecified atom stereocenters. The second-order valence-electron chi connectivity index (χ2n) is 12.8. The molecule has 5 aliphatic carbocycles. The first-order chi connectivity index (χ1) is 13.7. The summed E-state index contributed by atoms with van der Waals surface area (Å²) in [5.41, 5.74) is 2.19. The second kappa shape index (κ2) is 6.23. The fraction of sp³-hybridized carbons (Fsp3) is 1.00. The van der Waals surface area contributed by atoms with Crippen molar-refractivity contribution in [1.29, 1.82) is 0 Å². The van der Waals surface area contributed by atoms with Gasteiger partial charge >= 0.3 is 0 Å². The molecular weight excluding hydrogens is 356 g/mol. The van der Waals surface area contributed by atoms with Crippen LogP contribution in [0.3, 0.4) is 0 Å². The smallest absolute Gasteiger partial charge is 0.0502 e. The van der Waals surface area contributed by atoms with Crippen molar-refractivity contribution in [1.82, 2.24) is 10.6 Å². The zero-order chi connectivity index (χ0) is 20.9. The minimum absolute atomic E-state index is 0.0575. The average molecular weight is 403 g/mol. The molecule has 10 atom stereocenters. The lowest BCUT2D eigenvalue weighted by atomic mass is 9.41. The lowest BCUT2D eigenvalue weighted by Crippen LogP contribution is -2.61. The largest absolute Gasteiger partial charge is 0.396 e. The van der Waals surface area contributed by atoms with Crippen molar-refractivity contribution in [3.63, 3.8) is 0 Å². The molecule has 0 heterocycles. The topological polar surface area (TPSA) is 44.3 Å². The van der Waals surface area contributed by atoms with Gasteiger partial charge in [-0.1, -0.05) is 20.8 Å². The molecule has 0 bridgehead atoms. The highest BCUT2D eigenvalue weighted by atomic mass is 16.3. The van der Waals surface area contributed by atoms with Crippen LogP contribution in [0.15, 0.2) is 0 Å². The van der Waals surface area contributed by atoms with Crippen molar-refractivity contribution in [2.45, 2.75) is 97.6 Å². The number of hydrogen-bond acceptors (Lipinski definition) is 3. The molecule has 0 aromatic carbocycles. The van der Waals surface area contributed by atoms with E-state index in [2.05, 4.69) is 52.4 Å². The van der Waals surface area contributed by atoms with E-state index in [-0.39, 0.29) is 5.41 Å². The van der Waals surface area contributed by atoms with Gasteiger partial charge in [0.05, 0.1) is 6.61 Å². The Morgan fingerprint density at radius 1 is 0.862 bits per heavy atom. The summed E-state index contributed by atoms with van der Waals surface area (Å²) in [5, 5.41) is 17.7. The minimum Gasteiger partial charge on any atom is -0.396 e. The predicted molar refractivity (Wildman–Crippen MR) is 120 cm³/mol. The molecule has 0 amide bonds. The van der Waals surface area contributed by atoms with Crippen LogP contribution in [0.25, 0.3) is 0 Å². The Kier molecular flexibility index (Phi) is 4.46. The third kappa shape index (κ3) is 2.16. The van der Waals surface area contributed by atoms with Crippen LogP contribution in [-0.2, 0) is 0 Å². The molecule has 3 N–H and O–H groups in total. The molecule has 3 nitrogen and oxygen atoms in total.